The number of rotatable bonds is 4. The Morgan fingerprint density at radius 2 is 2.11 bits per heavy atom. The molecule has 1 saturated heterocycles. The highest BCUT2D eigenvalue weighted by molar-refractivity contribution is 5.36. The number of benzene rings is 1. The lowest BCUT2D eigenvalue weighted by atomic mass is 9.97. The van der Waals surface area contributed by atoms with Crippen LogP contribution in [0.2, 0.25) is 0 Å². The first-order valence-corrected chi connectivity index (χ1v) is 6.46. The van der Waals surface area contributed by atoms with E-state index in [1.807, 2.05) is 0 Å². The fourth-order valence-corrected chi connectivity index (χ4v) is 2.45. The molecule has 1 aromatic rings. The summed E-state index contributed by atoms with van der Waals surface area (Å²) in [6.07, 6.45) is 2.01. The van der Waals surface area contributed by atoms with Crippen molar-refractivity contribution in [2.45, 2.75) is 19.4 Å². The molecule has 0 spiro atoms. The smallest absolute Gasteiger partial charge is 0.305 e. The third kappa shape index (κ3) is 3.27. The van der Waals surface area contributed by atoms with E-state index in [1.165, 1.54) is 12.1 Å². The first kappa shape index (κ1) is 13.9. The van der Waals surface area contributed by atoms with Crippen molar-refractivity contribution in [2.75, 3.05) is 19.6 Å². The molecule has 2 N–H and O–H groups in total. The predicted molar refractivity (Wildman–Crippen MR) is 70.1 cm³/mol. The second-order valence-corrected chi connectivity index (χ2v) is 4.96. The highest BCUT2D eigenvalue weighted by Gasteiger charge is 2.22. The summed E-state index contributed by atoms with van der Waals surface area (Å²) in [5, 5.41) is 10.7. The summed E-state index contributed by atoms with van der Waals surface area (Å²) in [5.74, 6) is -0.167. The molecule has 2 rings (SSSR count). The number of nitro benzene ring substituents is 1. The Bertz CT molecular complexity index is 459. The quantitative estimate of drug-likeness (QED) is 0.668. The minimum absolute atomic E-state index is 0.389. The third-order valence-electron chi connectivity index (χ3n) is 3.69. The van der Waals surface area contributed by atoms with E-state index in [-0.39, 0.29) is 0 Å². The summed E-state index contributed by atoms with van der Waals surface area (Å²) >= 11 is 0. The molecule has 6 heteroatoms. The molecule has 0 atom stereocenters. The monoisotopic (exact) mass is 267 g/mol. The van der Waals surface area contributed by atoms with Gasteiger partial charge in [-0.25, -0.2) is 0 Å². The Kier molecular flexibility index (Phi) is 4.44. The number of hydrogen-bond donors (Lipinski definition) is 1. The van der Waals surface area contributed by atoms with Crippen molar-refractivity contribution in [3.63, 3.8) is 0 Å². The lowest BCUT2D eigenvalue weighted by Gasteiger charge is -2.31. The van der Waals surface area contributed by atoms with Gasteiger partial charge in [0, 0.05) is 18.2 Å². The molecule has 0 aliphatic carbocycles. The van der Waals surface area contributed by atoms with E-state index in [0.29, 0.717) is 24.6 Å². The van der Waals surface area contributed by atoms with Crippen molar-refractivity contribution >= 4 is 5.69 Å². The minimum Gasteiger partial charge on any atom is -0.330 e. The molecule has 0 radical (unpaired) electrons. The van der Waals surface area contributed by atoms with E-state index in [1.54, 1.807) is 6.07 Å². The average Bonchev–Trinajstić information content (AvgIpc) is 2.41. The molecule has 1 aromatic carbocycles. The van der Waals surface area contributed by atoms with E-state index >= 15 is 0 Å². The van der Waals surface area contributed by atoms with Gasteiger partial charge < -0.3 is 5.73 Å². The fourth-order valence-electron chi connectivity index (χ4n) is 2.45. The molecule has 5 nitrogen and oxygen atoms in total. The zero-order valence-corrected chi connectivity index (χ0v) is 10.7. The number of nitro groups is 1. The van der Waals surface area contributed by atoms with Crippen LogP contribution >= 0.6 is 0 Å². The fraction of sp³-hybridized carbons (Fsp3) is 0.538. The highest BCUT2D eigenvalue weighted by atomic mass is 19.1. The van der Waals surface area contributed by atoms with Crippen LogP contribution in [0.15, 0.2) is 18.2 Å². The number of halogens is 1. The van der Waals surface area contributed by atoms with Gasteiger partial charge in [-0.3, -0.25) is 15.0 Å². The summed E-state index contributed by atoms with van der Waals surface area (Å²) in [6.45, 7) is 2.85. The van der Waals surface area contributed by atoms with Gasteiger partial charge in [-0.15, -0.1) is 0 Å². The lowest BCUT2D eigenvalue weighted by Crippen LogP contribution is -2.35. The van der Waals surface area contributed by atoms with Crippen LogP contribution in [-0.4, -0.2) is 29.5 Å². The van der Waals surface area contributed by atoms with Gasteiger partial charge in [-0.1, -0.05) is 12.1 Å². The normalized spacial score (nSPS) is 17.6. The highest BCUT2D eigenvalue weighted by Crippen LogP contribution is 2.23. The maximum atomic E-state index is 13.9. The summed E-state index contributed by atoms with van der Waals surface area (Å²) in [6, 6.07) is 4.33. The molecule has 104 valence electrons. The van der Waals surface area contributed by atoms with Crippen LogP contribution < -0.4 is 5.73 Å². The Balaban J connectivity index is 2.04. The van der Waals surface area contributed by atoms with Crippen LogP contribution in [0, 0.1) is 21.8 Å². The van der Waals surface area contributed by atoms with Crippen LogP contribution in [0.3, 0.4) is 0 Å². The lowest BCUT2D eigenvalue weighted by molar-refractivity contribution is -0.387. The molecular weight excluding hydrogens is 249 g/mol. The van der Waals surface area contributed by atoms with Crippen molar-refractivity contribution < 1.29 is 9.31 Å². The van der Waals surface area contributed by atoms with Crippen LogP contribution in [0.5, 0.6) is 0 Å². The Labute approximate surface area is 111 Å². The number of likely N-dealkylation sites (tertiary alicyclic amines) is 1. The molecule has 1 heterocycles. The number of nitrogens with zero attached hydrogens (tertiary/aromatic N) is 2. The molecule has 1 aliphatic rings. The standard InChI is InChI=1S/C13H18FN3O2/c14-13-11(2-1-3-12(13)17(18)19)9-16-6-4-10(8-15)5-7-16/h1-3,10H,4-9,15H2. The molecular formula is C13H18FN3O2. The molecule has 1 fully saturated rings. The minimum atomic E-state index is -0.714. The SMILES string of the molecule is NCC1CCN(Cc2cccc([N+](=O)[O-])c2F)CC1. The second-order valence-electron chi connectivity index (χ2n) is 4.96. The van der Waals surface area contributed by atoms with Crippen LogP contribution in [0.4, 0.5) is 10.1 Å². The van der Waals surface area contributed by atoms with Gasteiger partial charge in [-0.05, 0) is 38.4 Å². The third-order valence-corrected chi connectivity index (χ3v) is 3.69. The van der Waals surface area contributed by atoms with Crippen molar-refractivity contribution in [3.05, 3.63) is 39.7 Å². The topological polar surface area (TPSA) is 72.4 Å². The summed E-state index contributed by atoms with van der Waals surface area (Å²) < 4.78 is 13.9. The van der Waals surface area contributed by atoms with Gasteiger partial charge >= 0.3 is 5.69 Å². The van der Waals surface area contributed by atoms with Crippen molar-refractivity contribution in [2.24, 2.45) is 11.7 Å². The molecule has 1 aliphatic heterocycles. The number of nitrogens with two attached hydrogens (primary N) is 1. The van der Waals surface area contributed by atoms with Crippen LogP contribution in [0.25, 0.3) is 0 Å². The molecule has 19 heavy (non-hydrogen) atoms. The van der Waals surface area contributed by atoms with Gasteiger partial charge in [0.05, 0.1) is 4.92 Å². The second kappa shape index (κ2) is 6.08. The maximum absolute atomic E-state index is 13.9. The van der Waals surface area contributed by atoms with Gasteiger partial charge in [-0.2, -0.15) is 4.39 Å². The van der Waals surface area contributed by atoms with Crippen molar-refractivity contribution in [1.29, 1.82) is 0 Å². The van der Waals surface area contributed by atoms with E-state index < -0.39 is 16.4 Å². The van der Waals surface area contributed by atoms with E-state index in [4.69, 9.17) is 5.73 Å². The summed E-state index contributed by atoms with van der Waals surface area (Å²) in [5.41, 5.74) is 5.56. The van der Waals surface area contributed by atoms with Crippen molar-refractivity contribution in [1.82, 2.24) is 4.90 Å². The van der Waals surface area contributed by atoms with Crippen LogP contribution in [0.1, 0.15) is 18.4 Å². The Morgan fingerprint density at radius 1 is 1.42 bits per heavy atom. The molecule has 0 bridgehead atoms. The van der Waals surface area contributed by atoms with E-state index in [9.17, 15) is 14.5 Å². The maximum Gasteiger partial charge on any atom is 0.305 e. The first-order valence-electron chi connectivity index (χ1n) is 6.46. The van der Waals surface area contributed by atoms with Gasteiger partial charge in [0.15, 0.2) is 0 Å². The summed E-state index contributed by atoms with van der Waals surface area (Å²) in [7, 11) is 0. The van der Waals surface area contributed by atoms with E-state index in [2.05, 4.69) is 4.90 Å². The molecule has 0 amide bonds. The molecule has 0 unspecified atom stereocenters. The van der Waals surface area contributed by atoms with E-state index in [0.717, 1.165) is 25.9 Å². The number of hydrogen-bond acceptors (Lipinski definition) is 4. The Morgan fingerprint density at radius 3 is 2.68 bits per heavy atom. The number of piperidine rings is 1. The Hall–Kier alpha value is -1.53. The zero-order chi connectivity index (χ0) is 13.8. The zero-order valence-electron chi connectivity index (χ0n) is 10.7. The molecule has 0 aromatic heterocycles. The van der Waals surface area contributed by atoms with Gasteiger partial charge in [0.2, 0.25) is 5.82 Å². The average molecular weight is 267 g/mol. The first-order chi connectivity index (χ1) is 9.11. The van der Waals surface area contributed by atoms with Crippen LogP contribution in [-0.2, 0) is 6.54 Å². The van der Waals surface area contributed by atoms with Gasteiger partial charge in [0.1, 0.15) is 0 Å². The van der Waals surface area contributed by atoms with Gasteiger partial charge in [0.25, 0.3) is 0 Å². The molecule has 0 saturated carbocycles. The predicted octanol–water partition coefficient (Wildman–Crippen LogP) is 1.90. The largest absolute Gasteiger partial charge is 0.330 e. The summed E-state index contributed by atoms with van der Waals surface area (Å²) in [4.78, 5) is 12.1. The van der Waals surface area contributed by atoms with Crippen molar-refractivity contribution in [3.8, 4) is 0 Å².